The summed E-state index contributed by atoms with van der Waals surface area (Å²) in [5, 5.41) is 9.26. The molecule has 1 aliphatic heterocycles. The highest BCUT2D eigenvalue weighted by Crippen LogP contribution is 2.28. The molecule has 2 amide bonds. The molecule has 3 N–H and O–H groups in total. The molecule has 26 heavy (non-hydrogen) atoms. The number of hydrogen-bond acceptors (Lipinski definition) is 5. The molecule has 0 radical (unpaired) electrons. The van der Waals surface area contributed by atoms with Crippen molar-refractivity contribution in [1.29, 1.82) is 0 Å². The number of carboxylic acid groups (broad SMARTS) is 1. The quantitative estimate of drug-likeness (QED) is 0.686. The van der Waals surface area contributed by atoms with Crippen LogP contribution in [0.15, 0.2) is 24.3 Å². The monoisotopic (exact) mass is 385 g/mol. The number of methoxy groups -OCH3 is 1. The highest BCUT2D eigenvalue weighted by Gasteiger charge is 2.33. The number of aliphatic carboxylic acids is 1. The molecule has 144 valence electrons. The number of likely N-dealkylation sites (tertiary alicyclic amines) is 1. The molecular weight excluding hydrogens is 362 g/mol. The van der Waals surface area contributed by atoms with E-state index >= 15 is 0 Å². The molecule has 2 rings (SSSR count). The zero-order valence-corrected chi connectivity index (χ0v) is 15.4. The van der Waals surface area contributed by atoms with Crippen molar-refractivity contribution in [2.75, 3.05) is 31.6 Å². The predicted octanol–water partition coefficient (Wildman–Crippen LogP) is 0.874. The number of carbonyl (C=O) groups is 3. The number of carbonyl (C=O) groups excluding carboxylic acids is 2. The molecule has 1 aliphatic rings. The molecule has 8 nitrogen and oxygen atoms in total. The predicted molar refractivity (Wildman–Crippen MR) is 98.6 cm³/mol. The first-order valence-corrected chi connectivity index (χ1v) is 8.12. The zero-order chi connectivity index (χ0) is 18.4. The number of nitrogens with zero attached hydrogens (tertiary/aromatic N) is 2. The van der Waals surface area contributed by atoms with Crippen LogP contribution in [0, 0.1) is 0 Å². The molecule has 0 unspecified atom stereocenters. The molecular formula is C17H24ClN3O5. The van der Waals surface area contributed by atoms with E-state index in [1.807, 2.05) is 0 Å². The average Bonchev–Trinajstić information content (AvgIpc) is 3.03. The molecule has 1 aromatic carbocycles. The van der Waals surface area contributed by atoms with Crippen LogP contribution in [-0.4, -0.2) is 60.6 Å². The van der Waals surface area contributed by atoms with Crippen LogP contribution in [-0.2, 0) is 14.4 Å². The normalized spacial score (nSPS) is 16.6. The fourth-order valence-corrected chi connectivity index (χ4v) is 3.01. The van der Waals surface area contributed by atoms with Crippen LogP contribution in [0.5, 0.6) is 5.75 Å². The van der Waals surface area contributed by atoms with Crippen molar-refractivity contribution in [2.24, 2.45) is 5.73 Å². The van der Waals surface area contributed by atoms with Gasteiger partial charge in [0.15, 0.2) is 0 Å². The minimum Gasteiger partial charge on any atom is -0.495 e. The third kappa shape index (κ3) is 5.34. The minimum atomic E-state index is -0.925. The van der Waals surface area contributed by atoms with Gasteiger partial charge in [-0.3, -0.25) is 19.3 Å². The van der Waals surface area contributed by atoms with Crippen LogP contribution in [0.4, 0.5) is 5.69 Å². The van der Waals surface area contributed by atoms with Crippen LogP contribution in [0.1, 0.15) is 19.3 Å². The number of nitrogens with two attached hydrogens (primary N) is 1. The molecule has 1 saturated heterocycles. The Kier molecular flexibility index (Phi) is 8.34. The maximum atomic E-state index is 12.8. The Hall–Kier alpha value is -2.32. The lowest BCUT2D eigenvalue weighted by Gasteiger charge is -2.28. The minimum absolute atomic E-state index is 0. The number of halogens is 1. The average molecular weight is 386 g/mol. The van der Waals surface area contributed by atoms with Crippen molar-refractivity contribution >= 4 is 35.9 Å². The van der Waals surface area contributed by atoms with Crippen LogP contribution in [0.25, 0.3) is 0 Å². The van der Waals surface area contributed by atoms with Gasteiger partial charge < -0.3 is 20.5 Å². The van der Waals surface area contributed by atoms with E-state index in [0.717, 1.165) is 6.42 Å². The lowest BCUT2D eigenvalue weighted by Crippen LogP contribution is -2.45. The van der Waals surface area contributed by atoms with Crippen molar-refractivity contribution in [3.05, 3.63) is 24.3 Å². The van der Waals surface area contributed by atoms with E-state index in [1.165, 1.54) is 12.0 Å². The third-order valence-corrected chi connectivity index (χ3v) is 4.25. The highest BCUT2D eigenvalue weighted by molar-refractivity contribution is 5.97. The second-order valence-electron chi connectivity index (χ2n) is 5.90. The number of amides is 2. The second kappa shape index (κ2) is 9.98. The summed E-state index contributed by atoms with van der Waals surface area (Å²) < 4.78 is 5.29. The van der Waals surface area contributed by atoms with E-state index in [2.05, 4.69) is 0 Å². The lowest BCUT2D eigenvalue weighted by atomic mass is 10.2. The van der Waals surface area contributed by atoms with Crippen LogP contribution < -0.4 is 15.4 Å². The summed E-state index contributed by atoms with van der Waals surface area (Å²) in [5.74, 6) is -1.24. The van der Waals surface area contributed by atoms with E-state index in [1.54, 1.807) is 29.2 Å². The van der Waals surface area contributed by atoms with Gasteiger partial charge in [-0.05, 0) is 31.5 Å². The van der Waals surface area contributed by atoms with Crippen molar-refractivity contribution in [2.45, 2.75) is 25.3 Å². The smallest absolute Gasteiger partial charge is 0.320 e. The summed E-state index contributed by atoms with van der Waals surface area (Å²) in [5.41, 5.74) is 5.75. The fourth-order valence-electron chi connectivity index (χ4n) is 3.01. The van der Waals surface area contributed by atoms with E-state index in [9.17, 15) is 19.5 Å². The molecule has 0 saturated carbocycles. The van der Waals surface area contributed by atoms with Gasteiger partial charge in [0.2, 0.25) is 11.8 Å². The standard InChI is InChI=1S/C17H23N3O5.ClH/c1-25-14-7-3-2-5-12(14)20(10-8-15(18)21)16(22)11-19-9-4-6-13(19)17(23)24;/h2-3,5,7,13H,4,6,8-11H2,1H3,(H2,18,21)(H,23,24);1H/t13-;/m0./s1. The molecule has 0 aliphatic carbocycles. The van der Waals surface area contributed by atoms with Crippen LogP contribution >= 0.6 is 12.4 Å². The number of anilines is 1. The topological polar surface area (TPSA) is 113 Å². The number of carboxylic acids is 1. The third-order valence-electron chi connectivity index (χ3n) is 4.25. The summed E-state index contributed by atoms with van der Waals surface area (Å²) in [6, 6.07) is 6.32. The van der Waals surface area contributed by atoms with Crippen molar-refractivity contribution in [3.63, 3.8) is 0 Å². The Bertz CT molecular complexity index is 655. The molecule has 0 bridgehead atoms. The summed E-state index contributed by atoms with van der Waals surface area (Å²) >= 11 is 0. The van der Waals surface area contributed by atoms with Gasteiger partial charge in [-0.1, -0.05) is 12.1 Å². The Morgan fingerprint density at radius 1 is 1.35 bits per heavy atom. The summed E-state index contributed by atoms with van der Waals surface area (Å²) in [6.45, 7) is 0.631. The highest BCUT2D eigenvalue weighted by atomic mass is 35.5. The van der Waals surface area contributed by atoms with Gasteiger partial charge in [0, 0.05) is 13.0 Å². The Labute approximate surface area is 158 Å². The number of ether oxygens (including phenoxy) is 1. The molecule has 1 aromatic rings. The van der Waals surface area contributed by atoms with Gasteiger partial charge in [-0.25, -0.2) is 0 Å². The maximum absolute atomic E-state index is 12.8. The van der Waals surface area contributed by atoms with Crippen LogP contribution in [0.2, 0.25) is 0 Å². The molecule has 1 heterocycles. The number of hydrogen-bond donors (Lipinski definition) is 2. The number of primary amides is 1. The van der Waals surface area contributed by atoms with Gasteiger partial charge in [0.05, 0.1) is 19.3 Å². The Morgan fingerprint density at radius 3 is 2.65 bits per heavy atom. The van der Waals surface area contributed by atoms with E-state index in [4.69, 9.17) is 10.5 Å². The molecule has 0 spiro atoms. The zero-order valence-electron chi connectivity index (χ0n) is 14.6. The first kappa shape index (κ1) is 21.7. The maximum Gasteiger partial charge on any atom is 0.320 e. The van der Waals surface area contributed by atoms with Gasteiger partial charge in [-0.2, -0.15) is 0 Å². The number of rotatable bonds is 8. The Morgan fingerprint density at radius 2 is 2.04 bits per heavy atom. The molecule has 1 atom stereocenters. The molecule has 9 heteroatoms. The van der Waals surface area contributed by atoms with Gasteiger partial charge in [0.25, 0.3) is 0 Å². The summed E-state index contributed by atoms with van der Waals surface area (Å²) in [7, 11) is 1.50. The first-order valence-electron chi connectivity index (χ1n) is 8.12. The molecule has 0 aromatic heterocycles. The van der Waals surface area contributed by atoms with Crippen LogP contribution in [0.3, 0.4) is 0 Å². The lowest BCUT2D eigenvalue weighted by molar-refractivity contribution is -0.142. The number of para-hydroxylation sites is 2. The summed E-state index contributed by atoms with van der Waals surface area (Å²) in [6.07, 6.45) is 1.27. The van der Waals surface area contributed by atoms with Crippen molar-refractivity contribution < 1.29 is 24.2 Å². The van der Waals surface area contributed by atoms with Gasteiger partial charge in [0.1, 0.15) is 11.8 Å². The van der Waals surface area contributed by atoms with Gasteiger partial charge in [-0.15, -0.1) is 12.4 Å². The van der Waals surface area contributed by atoms with E-state index < -0.39 is 17.9 Å². The van der Waals surface area contributed by atoms with E-state index in [-0.39, 0.29) is 37.8 Å². The van der Waals surface area contributed by atoms with E-state index in [0.29, 0.717) is 24.4 Å². The first-order chi connectivity index (χ1) is 11.9. The Balaban J connectivity index is 0.00000338. The van der Waals surface area contributed by atoms with Crippen molar-refractivity contribution in [1.82, 2.24) is 4.90 Å². The molecule has 1 fully saturated rings. The SMILES string of the molecule is COc1ccccc1N(CCC(N)=O)C(=O)CN1CCC[C@H]1C(=O)O.Cl. The van der Waals surface area contributed by atoms with Crippen molar-refractivity contribution in [3.8, 4) is 5.75 Å². The second-order valence-corrected chi connectivity index (χ2v) is 5.90. The largest absolute Gasteiger partial charge is 0.495 e. The summed E-state index contributed by atoms with van der Waals surface area (Å²) in [4.78, 5) is 38.4. The van der Waals surface area contributed by atoms with Gasteiger partial charge >= 0.3 is 5.97 Å². The number of benzene rings is 1. The fraction of sp³-hybridized carbons (Fsp3) is 0.471.